The van der Waals surface area contributed by atoms with Gasteiger partial charge >= 0.3 is 0 Å². The maximum absolute atomic E-state index is 5.78. The number of nitrogen functional groups attached to an aromatic ring is 1. The van der Waals surface area contributed by atoms with Crippen LogP contribution < -0.4 is 5.73 Å². The smallest absolute Gasteiger partial charge is 0.110 e. The van der Waals surface area contributed by atoms with E-state index in [1.54, 1.807) is 6.20 Å². The van der Waals surface area contributed by atoms with Gasteiger partial charge < -0.3 is 10.3 Å². The lowest BCUT2D eigenvalue weighted by molar-refractivity contribution is 0.435. The van der Waals surface area contributed by atoms with Crippen LogP contribution in [-0.2, 0) is 13.0 Å². The Morgan fingerprint density at radius 3 is 3.07 bits per heavy atom. The molecule has 15 heavy (non-hydrogen) atoms. The number of hydrogen-bond acceptors (Lipinski definition) is 3. The first-order chi connectivity index (χ1) is 7.25. The third-order valence-corrected chi connectivity index (χ3v) is 3.06. The summed E-state index contributed by atoms with van der Waals surface area (Å²) < 4.78 is 4.17. The summed E-state index contributed by atoms with van der Waals surface area (Å²) in [4.78, 5) is 4.30. The molecule has 0 saturated heterocycles. The van der Waals surface area contributed by atoms with Crippen molar-refractivity contribution >= 4 is 5.69 Å². The maximum Gasteiger partial charge on any atom is 0.110 e. The van der Waals surface area contributed by atoms with Crippen LogP contribution in [0.3, 0.4) is 0 Å². The zero-order chi connectivity index (χ0) is 10.4. The van der Waals surface area contributed by atoms with Gasteiger partial charge in [-0.25, -0.2) is 4.98 Å². The van der Waals surface area contributed by atoms with E-state index in [1.807, 2.05) is 24.0 Å². The molecule has 2 aromatic heterocycles. The van der Waals surface area contributed by atoms with Crippen LogP contribution in [0.2, 0.25) is 0 Å². The summed E-state index contributed by atoms with van der Waals surface area (Å²) in [6.45, 7) is 2.95. The van der Waals surface area contributed by atoms with Crippen LogP contribution in [0.15, 0.2) is 18.6 Å². The summed E-state index contributed by atoms with van der Waals surface area (Å²) >= 11 is 0. The molecule has 78 valence electrons. The molecule has 1 unspecified atom stereocenters. The molecule has 2 aromatic rings. The minimum Gasteiger partial charge on any atom is -0.396 e. The first kappa shape index (κ1) is 8.52. The van der Waals surface area contributed by atoms with Crippen LogP contribution in [-0.4, -0.2) is 19.3 Å². The van der Waals surface area contributed by atoms with Gasteiger partial charge in [-0.3, -0.25) is 4.68 Å². The van der Waals surface area contributed by atoms with Gasteiger partial charge in [0.15, 0.2) is 0 Å². The summed E-state index contributed by atoms with van der Waals surface area (Å²) in [6, 6.07) is 0.367. The lowest BCUT2D eigenvalue weighted by Crippen LogP contribution is -2.13. The van der Waals surface area contributed by atoms with E-state index in [9.17, 15) is 0 Å². The fourth-order valence-corrected chi connectivity index (χ4v) is 2.17. The van der Waals surface area contributed by atoms with Gasteiger partial charge in [-0.2, -0.15) is 5.10 Å². The van der Waals surface area contributed by atoms with Gasteiger partial charge in [0.1, 0.15) is 5.82 Å². The lowest BCUT2D eigenvalue weighted by atomic mass is 10.2. The van der Waals surface area contributed by atoms with E-state index in [0.717, 1.165) is 30.2 Å². The van der Waals surface area contributed by atoms with Crippen molar-refractivity contribution in [1.82, 2.24) is 19.3 Å². The molecule has 1 atom stereocenters. The van der Waals surface area contributed by atoms with E-state index >= 15 is 0 Å². The lowest BCUT2D eigenvalue weighted by Gasteiger charge is -2.11. The monoisotopic (exact) mass is 203 g/mol. The van der Waals surface area contributed by atoms with E-state index in [0.29, 0.717) is 6.04 Å². The third-order valence-electron chi connectivity index (χ3n) is 3.06. The number of imidazole rings is 1. The average molecular weight is 203 g/mol. The van der Waals surface area contributed by atoms with Crippen LogP contribution in [0.5, 0.6) is 0 Å². The van der Waals surface area contributed by atoms with Crippen molar-refractivity contribution in [3.63, 3.8) is 0 Å². The number of hydrogen-bond donors (Lipinski definition) is 1. The highest BCUT2D eigenvalue weighted by molar-refractivity contribution is 5.40. The van der Waals surface area contributed by atoms with E-state index in [1.165, 1.54) is 0 Å². The molecule has 0 aromatic carbocycles. The summed E-state index contributed by atoms with van der Waals surface area (Å²) in [7, 11) is 0. The number of aromatic nitrogens is 4. The quantitative estimate of drug-likeness (QED) is 0.744. The SMILES string of the molecule is Cc1c(N)cnn1C1Cc2nccn2C1. The van der Waals surface area contributed by atoms with Gasteiger partial charge in [0.05, 0.1) is 23.6 Å². The van der Waals surface area contributed by atoms with E-state index < -0.39 is 0 Å². The van der Waals surface area contributed by atoms with Crippen LogP contribution in [0, 0.1) is 6.92 Å². The summed E-state index contributed by atoms with van der Waals surface area (Å²) in [5, 5.41) is 4.31. The predicted octanol–water partition coefficient (Wildman–Crippen LogP) is 0.768. The van der Waals surface area contributed by atoms with Gasteiger partial charge in [-0.15, -0.1) is 0 Å². The second-order valence-corrected chi connectivity index (χ2v) is 3.98. The second kappa shape index (κ2) is 2.85. The summed E-state index contributed by atoms with van der Waals surface area (Å²) in [5.74, 6) is 1.13. The molecule has 0 radical (unpaired) electrons. The van der Waals surface area contributed by atoms with Gasteiger partial charge in [-0.05, 0) is 6.92 Å². The first-order valence-electron chi connectivity index (χ1n) is 5.05. The molecule has 0 aliphatic carbocycles. The molecule has 0 fully saturated rings. The van der Waals surface area contributed by atoms with E-state index in [2.05, 4.69) is 14.6 Å². The number of rotatable bonds is 1. The number of nitrogens with zero attached hydrogens (tertiary/aromatic N) is 4. The van der Waals surface area contributed by atoms with Crippen LogP contribution in [0.4, 0.5) is 5.69 Å². The molecule has 0 saturated carbocycles. The molecule has 3 heterocycles. The minimum atomic E-state index is 0.367. The standard InChI is InChI=1S/C10H13N5/c1-7-9(11)5-13-15(7)8-4-10-12-2-3-14(10)6-8/h2-3,5,8H,4,6,11H2,1H3. The number of nitrogens with two attached hydrogens (primary N) is 1. The Balaban J connectivity index is 1.93. The molecule has 1 aliphatic rings. The van der Waals surface area contributed by atoms with E-state index in [4.69, 9.17) is 5.73 Å². The van der Waals surface area contributed by atoms with Gasteiger partial charge in [0.2, 0.25) is 0 Å². The fraction of sp³-hybridized carbons (Fsp3) is 0.400. The molecule has 0 amide bonds. The average Bonchev–Trinajstić information content (AvgIpc) is 2.82. The molecular formula is C10H13N5. The Kier molecular flexibility index (Phi) is 1.62. The molecule has 3 rings (SSSR count). The summed E-state index contributed by atoms with van der Waals surface area (Å²) in [6.07, 6.45) is 6.51. The second-order valence-electron chi connectivity index (χ2n) is 3.98. The molecule has 1 aliphatic heterocycles. The summed E-state index contributed by atoms with van der Waals surface area (Å²) in [5.41, 5.74) is 7.59. The zero-order valence-corrected chi connectivity index (χ0v) is 8.59. The predicted molar refractivity (Wildman–Crippen MR) is 56.3 cm³/mol. The van der Waals surface area contributed by atoms with Gasteiger partial charge in [0, 0.05) is 25.4 Å². The molecule has 5 heteroatoms. The topological polar surface area (TPSA) is 61.7 Å². The highest BCUT2D eigenvalue weighted by Gasteiger charge is 2.25. The molecule has 0 spiro atoms. The van der Waals surface area contributed by atoms with E-state index in [-0.39, 0.29) is 0 Å². The Bertz CT molecular complexity index is 475. The fourth-order valence-electron chi connectivity index (χ4n) is 2.17. The van der Waals surface area contributed by atoms with Crippen molar-refractivity contribution in [3.05, 3.63) is 30.1 Å². The maximum atomic E-state index is 5.78. The molecular weight excluding hydrogens is 190 g/mol. The number of fused-ring (bicyclic) bond motifs is 1. The van der Waals surface area contributed by atoms with Crippen molar-refractivity contribution in [2.75, 3.05) is 5.73 Å². The van der Waals surface area contributed by atoms with Crippen molar-refractivity contribution in [3.8, 4) is 0 Å². The third kappa shape index (κ3) is 1.16. The van der Waals surface area contributed by atoms with Gasteiger partial charge in [0.25, 0.3) is 0 Å². The normalized spacial score (nSPS) is 19.4. The van der Waals surface area contributed by atoms with Crippen molar-refractivity contribution in [1.29, 1.82) is 0 Å². The Morgan fingerprint density at radius 1 is 1.53 bits per heavy atom. The highest BCUT2D eigenvalue weighted by atomic mass is 15.3. The highest BCUT2D eigenvalue weighted by Crippen LogP contribution is 2.25. The van der Waals surface area contributed by atoms with Crippen molar-refractivity contribution in [2.24, 2.45) is 0 Å². The number of anilines is 1. The van der Waals surface area contributed by atoms with Crippen molar-refractivity contribution < 1.29 is 0 Å². The first-order valence-corrected chi connectivity index (χ1v) is 5.05. The molecule has 5 nitrogen and oxygen atoms in total. The van der Waals surface area contributed by atoms with Crippen LogP contribution in [0.1, 0.15) is 17.6 Å². The van der Waals surface area contributed by atoms with Crippen molar-refractivity contribution in [2.45, 2.75) is 25.9 Å². The molecule has 2 N–H and O–H groups in total. The van der Waals surface area contributed by atoms with Crippen LogP contribution in [0.25, 0.3) is 0 Å². The van der Waals surface area contributed by atoms with Gasteiger partial charge in [-0.1, -0.05) is 0 Å². The Labute approximate surface area is 87.5 Å². The van der Waals surface area contributed by atoms with Crippen LogP contribution >= 0.6 is 0 Å². The Hall–Kier alpha value is -1.78. The zero-order valence-electron chi connectivity index (χ0n) is 8.59. The largest absolute Gasteiger partial charge is 0.396 e. The minimum absolute atomic E-state index is 0.367. The Morgan fingerprint density at radius 2 is 2.40 bits per heavy atom. The molecule has 0 bridgehead atoms.